The van der Waals surface area contributed by atoms with E-state index >= 15 is 0 Å². The molecule has 47 heavy (non-hydrogen) atoms. The average Bonchev–Trinajstić information content (AvgIpc) is 3.65. The van der Waals surface area contributed by atoms with Gasteiger partial charge in [-0.05, 0) is 73.1 Å². The first-order chi connectivity index (χ1) is 22.6. The third-order valence-corrected chi connectivity index (χ3v) is 11.1. The number of nitrogens with one attached hydrogen (secondary N) is 3. The number of carbonyl (C=O) groups excluding carboxylic acids is 2. The lowest BCUT2D eigenvalue weighted by Crippen LogP contribution is -2.65. The van der Waals surface area contributed by atoms with Gasteiger partial charge in [0.1, 0.15) is 12.6 Å². The first-order valence-electron chi connectivity index (χ1n) is 16.8. The van der Waals surface area contributed by atoms with Gasteiger partial charge < -0.3 is 29.7 Å². The van der Waals surface area contributed by atoms with Crippen LogP contribution in [0.25, 0.3) is 10.9 Å². The molecule has 2 heterocycles. The lowest BCUT2D eigenvalue weighted by Gasteiger charge is -2.64. The minimum atomic E-state index is -0.899. The lowest BCUT2D eigenvalue weighted by atomic mass is 9.43. The second-order valence-corrected chi connectivity index (χ2v) is 14.5. The number of hydrogen-bond acceptors (Lipinski definition) is 5. The monoisotopic (exact) mass is 633 g/mol. The van der Waals surface area contributed by atoms with Crippen LogP contribution in [-0.2, 0) is 38.3 Å². The summed E-state index contributed by atoms with van der Waals surface area (Å²) in [6.45, 7) is 9.03. The Balaban J connectivity index is 1.13. The van der Waals surface area contributed by atoms with Gasteiger partial charge >= 0.3 is 13.2 Å². The molecule has 4 aromatic rings. The fraction of sp³-hybridized carbons (Fsp3) is 0.421. The van der Waals surface area contributed by atoms with Crippen molar-refractivity contribution in [2.24, 2.45) is 17.3 Å². The molecule has 8 nitrogen and oxygen atoms in total. The van der Waals surface area contributed by atoms with Crippen molar-refractivity contribution in [1.29, 1.82) is 0 Å². The molecular weight excluding hydrogens is 589 g/mol. The number of rotatable bonds is 10. The van der Waals surface area contributed by atoms with Crippen molar-refractivity contribution in [1.82, 2.24) is 15.6 Å². The molecule has 8 rings (SSSR count). The van der Waals surface area contributed by atoms with Crippen molar-refractivity contribution in [3.05, 3.63) is 107 Å². The van der Waals surface area contributed by atoms with Crippen LogP contribution in [0.15, 0.2) is 85.1 Å². The third kappa shape index (κ3) is 6.19. The maximum atomic E-state index is 14.3. The number of hydrogen-bond donors (Lipinski definition) is 3. The zero-order chi connectivity index (χ0) is 32.8. The molecule has 3 saturated carbocycles. The Hall–Kier alpha value is -4.08. The van der Waals surface area contributed by atoms with Crippen molar-refractivity contribution in [3.63, 3.8) is 0 Å². The van der Waals surface area contributed by atoms with E-state index in [2.05, 4.69) is 67.6 Å². The number of alkyl carbamates (subject to hydrolysis) is 1. The molecule has 4 fully saturated rings. The number of H-pyrrole nitrogens is 1. The number of benzene rings is 3. The van der Waals surface area contributed by atoms with Crippen molar-refractivity contribution in [2.45, 2.75) is 83.7 Å². The van der Waals surface area contributed by atoms with Gasteiger partial charge in [-0.1, -0.05) is 92.2 Å². The van der Waals surface area contributed by atoms with Gasteiger partial charge in [-0.3, -0.25) is 4.79 Å². The van der Waals surface area contributed by atoms with Crippen LogP contribution in [0.4, 0.5) is 4.79 Å². The van der Waals surface area contributed by atoms with Gasteiger partial charge in [0.25, 0.3) is 0 Å². The summed E-state index contributed by atoms with van der Waals surface area (Å²) in [5.74, 6) is 0.223. The topological polar surface area (TPSA) is 102 Å². The highest BCUT2D eigenvalue weighted by atomic mass is 16.7. The molecule has 1 saturated heterocycles. The zero-order valence-corrected chi connectivity index (χ0v) is 27.6. The number of aryl methyl sites for hydroxylation is 1. The molecule has 1 aliphatic heterocycles. The number of fused-ring (bicyclic) bond motifs is 1. The molecule has 244 valence electrons. The molecule has 3 aliphatic carbocycles. The predicted octanol–water partition coefficient (Wildman–Crippen LogP) is 6.31. The Morgan fingerprint density at radius 1 is 0.936 bits per heavy atom. The van der Waals surface area contributed by atoms with E-state index in [1.54, 1.807) is 0 Å². The summed E-state index contributed by atoms with van der Waals surface area (Å²) in [6.07, 6.45) is 4.13. The van der Waals surface area contributed by atoms with E-state index in [0.717, 1.165) is 40.4 Å². The third-order valence-electron chi connectivity index (χ3n) is 11.1. The van der Waals surface area contributed by atoms with Crippen LogP contribution >= 0.6 is 0 Å². The number of aromatic nitrogens is 1. The maximum Gasteiger partial charge on any atom is 0.482 e. The van der Waals surface area contributed by atoms with E-state index in [9.17, 15) is 9.59 Å². The van der Waals surface area contributed by atoms with E-state index in [1.807, 2.05) is 60.8 Å². The standard InChI is InChI=1S/C38H44BN3O5/c1-24-14-16-25(17-15-24)18-34(39-46-33-21-28-20-32(37(28,2)3)38(33,4)47-39)42-35(43)31(19-27-22-40-30-13-9-8-12-29(27)30)41-36(44)45-23-26-10-6-5-7-11-26/h5-17,22,28,31-34,40H,18-21,23H2,1-4H3,(H,41,44)(H,42,43)/t28-,31-,32-,33?,34-,38-/m0/s1. The van der Waals surface area contributed by atoms with Gasteiger partial charge in [0.2, 0.25) is 5.91 Å². The molecule has 0 radical (unpaired) electrons. The van der Waals surface area contributed by atoms with Crippen molar-refractivity contribution in [3.8, 4) is 0 Å². The molecule has 3 N–H and O–H groups in total. The van der Waals surface area contributed by atoms with Crippen LogP contribution in [0.5, 0.6) is 0 Å². The van der Waals surface area contributed by atoms with Crippen LogP contribution in [0.3, 0.4) is 0 Å². The van der Waals surface area contributed by atoms with E-state index in [0.29, 0.717) is 18.3 Å². The van der Waals surface area contributed by atoms with Crippen LogP contribution in [0.1, 0.15) is 55.9 Å². The molecule has 1 unspecified atom stereocenters. The van der Waals surface area contributed by atoms with Crippen molar-refractivity contribution >= 4 is 30.0 Å². The summed E-state index contributed by atoms with van der Waals surface area (Å²) >= 11 is 0. The largest absolute Gasteiger partial charge is 0.482 e. The lowest BCUT2D eigenvalue weighted by molar-refractivity contribution is -0.199. The highest BCUT2D eigenvalue weighted by Gasteiger charge is 2.68. The van der Waals surface area contributed by atoms with Gasteiger partial charge in [0.05, 0.1) is 17.6 Å². The van der Waals surface area contributed by atoms with Gasteiger partial charge in [0, 0.05) is 23.5 Å². The van der Waals surface area contributed by atoms with E-state index in [1.165, 1.54) is 5.56 Å². The van der Waals surface area contributed by atoms with E-state index in [4.69, 9.17) is 14.0 Å². The molecule has 9 heteroatoms. The average molecular weight is 634 g/mol. The fourth-order valence-electron chi connectivity index (χ4n) is 8.18. The Kier molecular flexibility index (Phi) is 8.39. The molecule has 6 atom stereocenters. The van der Waals surface area contributed by atoms with Gasteiger partial charge in [0.15, 0.2) is 0 Å². The highest BCUT2D eigenvalue weighted by molar-refractivity contribution is 6.48. The summed E-state index contributed by atoms with van der Waals surface area (Å²) in [5.41, 5.74) is 4.78. The second-order valence-electron chi connectivity index (χ2n) is 14.5. The maximum absolute atomic E-state index is 14.3. The minimum Gasteiger partial charge on any atom is -0.445 e. The first kappa shape index (κ1) is 31.5. The number of para-hydroxylation sites is 1. The van der Waals surface area contributed by atoms with E-state index in [-0.39, 0.29) is 30.5 Å². The highest BCUT2D eigenvalue weighted by Crippen LogP contribution is 2.65. The van der Waals surface area contributed by atoms with E-state index < -0.39 is 30.8 Å². The summed E-state index contributed by atoms with van der Waals surface area (Å²) in [5, 5.41) is 7.14. The quantitative estimate of drug-likeness (QED) is 0.178. The number of amides is 2. The smallest absolute Gasteiger partial charge is 0.445 e. The van der Waals surface area contributed by atoms with Gasteiger partial charge in [-0.15, -0.1) is 0 Å². The molecule has 3 aromatic carbocycles. The Labute approximate surface area is 277 Å². The molecule has 1 aromatic heterocycles. The fourth-order valence-corrected chi connectivity index (χ4v) is 8.18. The molecule has 0 spiro atoms. The molecule has 2 bridgehead atoms. The zero-order valence-electron chi connectivity index (χ0n) is 27.6. The number of ether oxygens (including phenoxy) is 1. The Morgan fingerprint density at radius 2 is 1.68 bits per heavy atom. The van der Waals surface area contributed by atoms with Crippen LogP contribution in [-0.4, -0.2) is 47.8 Å². The van der Waals surface area contributed by atoms with Crippen molar-refractivity contribution in [2.75, 3.05) is 0 Å². The molecule has 4 aliphatic rings. The minimum absolute atomic E-state index is 0.0187. The van der Waals surface area contributed by atoms with Crippen molar-refractivity contribution < 1.29 is 23.6 Å². The summed E-state index contributed by atoms with van der Waals surface area (Å²) in [4.78, 5) is 30.7. The molecule has 2 amide bonds. The van der Waals surface area contributed by atoms with Crippen LogP contribution in [0.2, 0.25) is 0 Å². The second kappa shape index (κ2) is 12.5. The van der Waals surface area contributed by atoms with Crippen LogP contribution in [0, 0.1) is 24.2 Å². The Bertz CT molecular complexity index is 1740. The summed E-state index contributed by atoms with van der Waals surface area (Å²) in [6, 6.07) is 24.8. The summed E-state index contributed by atoms with van der Waals surface area (Å²) in [7, 11) is -0.621. The van der Waals surface area contributed by atoms with Gasteiger partial charge in [-0.25, -0.2) is 4.79 Å². The Morgan fingerprint density at radius 3 is 2.45 bits per heavy atom. The summed E-state index contributed by atoms with van der Waals surface area (Å²) < 4.78 is 19.1. The SMILES string of the molecule is Cc1ccc(C[C@H](NC(=O)[C@H](Cc2c[nH]c3ccccc23)NC(=O)OCc2ccccc2)B2OC3C[C@@H]4C[C@@H](C4(C)C)[C@]3(C)O2)cc1. The number of carbonyl (C=O) groups is 2. The number of aromatic amines is 1. The van der Waals surface area contributed by atoms with Gasteiger partial charge in [-0.2, -0.15) is 0 Å². The predicted molar refractivity (Wildman–Crippen MR) is 182 cm³/mol. The first-order valence-corrected chi connectivity index (χ1v) is 16.8. The van der Waals surface area contributed by atoms with Crippen LogP contribution < -0.4 is 10.6 Å². The normalized spacial score (nSPS) is 25.4. The molecular formula is C38H44BN3O5.